The first kappa shape index (κ1) is 20.0. The molecule has 33 heavy (non-hydrogen) atoms. The summed E-state index contributed by atoms with van der Waals surface area (Å²) in [5.74, 6) is 0. The number of aryl methyl sites for hydroxylation is 1. The van der Waals surface area contributed by atoms with Gasteiger partial charge in [-0.1, -0.05) is 0 Å². The monoisotopic (exact) mass is 445 g/mol. The van der Waals surface area contributed by atoms with E-state index >= 15 is 0 Å². The van der Waals surface area contributed by atoms with Crippen molar-refractivity contribution >= 4 is 44.1 Å². The van der Waals surface area contributed by atoms with E-state index in [9.17, 15) is 29.8 Å². The van der Waals surface area contributed by atoms with Crippen LogP contribution in [0.15, 0.2) is 67.0 Å². The van der Waals surface area contributed by atoms with Gasteiger partial charge in [0.15, 0.2) is 0 Å². The van der Waals surface area contributed by atoms with Crippen molar-refractivity contribution in [3.8, 4) is 11.3 Å². The quantitative estimate of drug-likeness (QED) is 0.171. The van der Waals surface area contributed by atoms with Crippen molar-refractivity contribution in [1.82, 2.24) is 4.98 Å². The number of fused-ring (bicyclic) bond motifs is 4. The fourth-order valence-electron chi connectivity index (χ4n) is 3.77. The van der Waals surface area contributed by atoms with Gasteiger partial charge in [-0.25, -0.2) is 9.59 Å². The Labute approximate surface area is 181 Å². The van der Waals surface area contributed by atoms with E-state index in [1.165, 1.54) is 48.5 Å². The lowest BCUT2D eigenvalue weighted by Gasteiger charge is -2.08. The van der Waals surface area contributed by atoms with Gasteiger partial charge in [-0.15, -0.1) is 0 Å². The van der Waals surface area contributed by atoms with Gasteiger partial charge >= 0.3 is 11.3 Å². The van der Waals surface area contributed by atoms with Crippen molar-refractivity contribution in [2.75, 3.05) is 0 Å². The molecule has 162 valence electrons. The number of benzene rings is 2. The Bertz CT molecular complexity index is 1790. The summed E-state index contributed by atoms with van der Waals surface area (Å²) in [6, 6.07) is 10.5. The summed E-state index contributed by atoms with van der Waals surface area (Å²) in [5, 5.41) is 23.4. The minimum atomic E-state index is -0.735. The van der Waals surface area contributed by atoms with E-state index in [-0.39, 0.29) is 44.9 Å². The van der Waals surface area contributed by atoms with Crippen LogP contribution in [0.25, 0.3) is 44.0 Å². The second-order valence-electron chi connectivity index (χ2n) is 7.27. The van der Waals surface area contributed by atoms with Crippen LogP contribution in [0.1, 0.15) is 5.69 Å². The van der Waals surface area contributed by atoms with Gasteiger partial charge in [0, 0.05) is 40.4 Å². The van der Waals surface area contributed by atoms with E-state index in [0.717, 1.165) is 0 Å². The predicted octanol–water partition coefficient (Wildman–Crippen LogP) is 4.24. The van der Waals surface area contributed by atoms with E-state index in [4.69, 9.17) is 8.83 Å². The van der Waals surface area contributed by atoms with E-state index in [0.29, 0.717) is 16.2 Å². The molecule has 5 rings (SSSR count). The van der Waals surface area contributed by atoms with Gasteiger partial charge in [-0.2, -0.15) is 0 Å². The number of nitro groups is 2. The Morgan fingerprint density at radius 1 is 0.788 bits per heavy atom. The number of pyridine rings is 1. The van der Waals surface area contributed by atoms with E-state index in [2.05, 4.69) is 4.98 Å². The highest BCUT2D eigenvalue weighted by Gasteiger charge is 2.18. The molecule has 0 bridgehead atoms. The van der Waals surface area contributed by atoms with E-state index < -0.39 is 21.1 Å². The Kier molecular flexibility index (Phi) is 4.28. The molecule has 0 N–H and O–H groups in total. The van der Waals surface area contributed by atoms with Crippen molar-refractivity contribution in [2.24, 2.45) is 0 Å². The van der Waals surface area contributed by atoms with Gasteiger partial charge in [-0.05, 0) is 31.2 Å². The van der Waals surface area contributed by atoms with Crippen LogP contribution < -0.4 is 11.3 Å². The van der Waals surface area contributed by atoms with Crippen LogP contribution in [-0.4, -0.2) is 14.8 Å². The highest BCUT2D eigenvalue weighted by Crippen LogP contribution is 2.31. The molecule has 3 aromatic heterocycles. The van der Waals surface area contributed by atoms with Gasteiger partial charge in [0.2, 0.25) is 0 Å². The molecule has 0 unspecified atom stereocenters. The van der Waals surface area contributed by atoms with Crippen LogP contribution in [0.2, 0.25) is 0 Å². The second kappa shape index (κ2) is 7.05. The van der Waals surface area contributed by atoms with Crippen LogP contribution in [0.5, 0.6) is 0 Å². The zero-order valence-electron chi connectivity index (χ0n) is 16.7. The number of nitro benzene ring substituents is 2. The maximum atomic E-state index is 12.7. The second-order valence-corrected chi connectivity index (χ2v) is 7.27. The summed E-state index contributed by atoms with van der Waals surface area (Å²) >= 11 is 0. The normalized spacial score (nSPS) is 11.3. The third-order valence-electron chi connectivity index (χ3n) is 5.27. The summed E-state index contributed by atoms with van der Waals surface area (Å²) < 4.78 is 10.6. The molecule has 11 heteroatoms. The summed E-state index contributed by atoms with van der Waals surface area (Å²) in [4.78, 5) is 50.7. The molecule has 0 saturated carbocycles. The molecule has 0 aliphatic carbocycles. The Balaban J connectivity index is 1.85. The lowest BCUT2D eigenvalue weighted by atomic mass is 10.0. The van der Waals surface area contributed by atoms with Crippen LogP contribution in [-0.2, 0) is 0 Å². The number of rotatable bonds is 3. The lowest BCUT2D eigenvalue weighted by Crippen LogP contribution is -2.08. The Morgan fingerprint density at radius 2 is 1.42 bits per heavy atom. The largest absolute Gasteiger partial charge is 0.422 e. The van der Waals surface area contributed by atoms with Crippen molar-refractivity contribution in [2.45, 2.75) is 6.92 Å². The molecule has 0 fully saturated rings. The van der Waals surface area contributed by atoms with Gasteiger partial charge in [-0.3, -0.25) is 25.2 Å². The average molecular weight is 445 g/mol. The first-order valence-corrected chi connectivity index (χ1v) is 9.48. The first-order chi connectivity index (χ1) is 15.7. The average Bonchev–Trinajstić information content (AvgIpc) is 2.77. The Morgan fingerprint density at radius 3 is 2.12 bits per heavy atom. The minimum Gasteiger partial charge on any atom is -0.422 e. The molecule has 0 spiro atoms. The van der Waals surface area contributed by atoms with E-state index in [1.807, 2.05) is 0 Å². The fourth-order valence-corrected chi connectivity index (χ4v) is 3.77. The fraction of sp³-hybridized carbons (Fsp3) is 0.0455. The SMILES string of the molecule is Cc1nc(-c2cc3cc([N+](=O)[O-])ccc3oc2=O)cc2c1c(=O)oc1ccc([N+](=O)[O-])cc12. The lowest BCUT2D eigenvalue weighted by molar-refractivity contribution is -0.384. The molecule has 3 heterocycles. The number of nitrogens with zero attached hydrogens (tertiary/aromatic N) is 3. The number of hydrogen-bond donors (Lipinski definition) is 0. The van der Waals surface area contributed by atoms with Crippen LogP contribution in [0.3, 0.4) is 0 Å². The molecule has 0 radical (unpaired) electrons. The number of hydrogen-bond acceptors (Lipinski definition) is 9. The van der Waals surface area contributed by atoms with Crippen LogP contribution in [0.4, 0.5) is 11.4 Å². The molecule has 11 nitrogen and oxygen atoms in total. The van der Waals surface area contributed by atoms with E-state index in [1.54, 1.807) is 6.92 Å². The van der Waals surface area contributed by atoms with Crippen molar-refractivity contribution in [3.63, 3.8) is 0 Å². The highest BCUT2D eigenvalue weighted by molar-refractivity contribution is 6.07. The summed E-state index contributed by atoms with van der Waals surface area (Å²) in [6.45, 7) is 1.54. The zero-order chi connectivity index (χ0) is 23.4. The topological polar surface area (TPSA) is 160 Å². The molecular weight excluding hydrogens is 434 g/mol. The molecular formula is C22H11N3O8. The third kappa shape index (κ3) is 3.19. The standard InChI is InChI=1S/C22H11N3O8/c1-10-20-15(14-8-13(25(30)31)3-5-19(14)33-22(20)27)9-17(23-10)16-7-11-6-12(24(28)29)2-4-18(11)32-21(16)26/h2-9H,1H3. The summed E-state index contributed by atoms with van der Waals surface area (Å²) in [5.41, 5.74) is -1.11. The highest BCUT2D eigenvalue weighted by atomic mass is 16.6. The maximum absolute atomic E-state index is 12.7. The minimum absolute atomic E-state index is 0.0137. The molecule has 0 atom stereocenters. The molecule has 0 saturated heterocycles. The molecule has 0 aliphatic heterocycles. The predicted molar refractivity (Wildman–Crippen MR) is 117 cm³/mol. The molecule has 0 aliphatic rings. The molecule has 0 amide bonds. The van der Waals surface area contributed by atoms with Crippen molar-refractivity contribution in [3.05, 3.63) is 95.3 Å². The molecule has 5 aromatic rings. The number of non-ortho nitro benzene ring substituents is 2. The zero-order valence-corrected chi connectivity index (χ0v) is 16.7. The van der Waals surface area contributed by atoms with Crippen LogP contribution >= 0.6 is 0 Å². The van der Waals surface area contributed by atoms with Gasteiger partial charge in [0.25, 0.3) is 11.4 Å². The first-order valence-electron chi connectivity index (χ1n) is 9.48. The molecule has 2 aromatic carbocycles. The summed E-state index contributed by atoms with van der Waals surface area (Å²) in [6.07, 6.45) is 0. The smallest absolute Gasteiger partial charge is 0.346 e. The van der Waals surface area contributed by atoms with Gasteiger partial charge < -0.3 is 8.83 Å². The maximum Gasteiger partial charge on any atom is 0.346 e. The Hall–Kier alpha value is -4.93. The van der Waals surface area contributed by atoms with Gasteiger partial charge in [0.1, 0.15) is 11.2 Å². The van der Waals surface area contributed by atoms with Crippen molar-refractivity contribution in [1.29, 1.82) is 0 Å². The summed E-state index contributed by atoms with van der Waals surface area (Å²) in [7, 11) is 0. The van der Waals surface area contributed by atoms with Crippen LogP contribution in [0, 0.1) is 27.2 Å². The van der Waals surface area contributed by atoms with Gasteiger partial charge in [0.05, 0.1) is 32.2 Å². The van der Waals surface area contributed by atoms with Crippen molar-refractivity contribution < 1.29 is 18.7 Å². The third-order valence-corrected chi connectivity index (χ3v) is 5.27. The number of aromatic nitrogens is 1.